The molecule has 1 fully saturated rings. The van der Waals surface area contributed by atoms with Gasteiger partial charge < -0.3 is 10.6 Å². The first-order valence-electron chi connectivity index (χ1n) is 6.55. The van der Waals surface area contributed by atoms with Gasteiger partial charge in [-0.05, 0) is 25.0 Å². The lowest BCUT2D eigenvalue weighted by molar-refractivity contribution is 0.449. The number of anilines is 3. The molecule has 2 N–H and O–H groups in total. The van der Waals surface area contributed by atoms with Crippen LogP contribution in [0.1, 0.15) is 24.5 Å². The van der Waals surface area contributed by atoms with Gasteiger partial charge in [-0.1, -0.05) is 0 Å². The Labute approximate surface area is 119 Å². The zero-order chi connectivity index (χ0) is 15.0. The molecule has 0 radical (unpaired) electrons. The smallest absolute Gasteiger partial charge is 0.224 e. The molecular formula is C14H13F3N4. The predicted octanol–water partition coefficient (Wildman–Crippen LogP) is 3.56. The van der Waals surface area contributed by atoms with Crippen LogP contribution in [-0.4, -0.2) is 17.0 Å². The van der Waals surface area contributed by atoms with Gasteiger partial charge in [-0.25, -0.2) is 18.2 Å². The summed E-state index contributed by atoms with van der Waals surface area (Å²) in [5.41, 5.74) is 0.677. The van der Waals surface area contributed by atoms with Gasteiger partial charge in [0.2, 0.25) is 5.95 Å². The Morgan fingerprint density at radius 3 is 2.52 bits per heavy atom. The van der Waals surface area contributed by atoms with Gasteiger partial charge in [-0.3, -0.25) is 0 Å². The Hall–Kier alpha value is -2.31. The maximum absolute atomic E-state index is 13.7. The Balaban J connectivity index is 1.94. The topological polar surface area (TPSA) is 49.8 Å². The number of hydrogen-bond acceptors (Lipinski definition) is 4. The van der Waals surface area contributed by atoms with Gasteiger partial charge in [0, 0.05) is 19.0 Å². The second kappa shape index (κ2) is 5.23. The van der Waals surface area contributed by atoms with Crippen molar-refractivity contribution in [3.63, 3.8) is 0 Å². The number of nitrogens with one attached hydrogen (secondary N) is 2. The molecule has 21 heavy (non-hydrogen) atoms. The minimum absolute atomic E-state index is 0.170. The summed E-state index contributed by atoms with van der Waals surface area (Å²) in [4.78, 5) is 8.45. The SMILES string of the molecule is CNc1nc(Nc2ccc(F)c(F)c2F)cc(C2CC2)n1. The van der Waals surface area contributed by atoms with E-state index in [1.807, 2.05) is 0 Å². The molecule has 0 unspecified atom stereocenters. The first-order chi connectivity index (χ1) is 10.1. The van der Waals surface area contributed by atoms with Gasteiger partial charge >= 0.3 is 0 Å². The van der Waals surface area contributed by atoms with Gasteiger partial charge in [-0.2, -0.15) is 4.98 Å². The standard InChI is InChI=1S/C14H13F3N4/c1-18-14-20-10(7-2-3-7)6-11(21-14)19-9-5-4-8(15)12(16)13(9)17/h4-7H,2-3H2,1H3,(H2,18,19,20,21). The average molecular weight is 294 g/mol. The Kier molecular flexibility index (Phi) is 3.40. The van der Waals surface area contributed by atoms with Crippen molar-refractivity contribution in [3.8, 4) is 0 Å². The Morgan fingerprint density at radius 2 is 1.86 bits per heavy atom. The third-order valence-corrected chi connectivity index (χ3v) is 3.26. The second-order valence-electron chi connectivity index (χ2n) is 4.87. The first kappa shape index (κ1) is 13.7. The molecule has 1 heterocycles. The summed E-state index contributed by atoms with van der Waals surface area (Å²) < 4.78 is 39.8. The number of rotatable bonds is 4. The fourth-order valence-corrected chi connectivity index (χ4v) is 1.99. The van der Waals surface area contributed by atoms with Crippen LogP contribution in [0.15, 0.2) is 18.2 Å². The third-order valence-electron chi connectivity index (χ3n) is 3.26. The monoisotopic (exact) mass is 294 g/mol. The predicted molar refractivity (Wildman–Crippen MR) is 73.2 cm³/mol. The normalized spacial score (nSPS) is 14.1. The van der Waals surface area contributed by atoms with Crippen molar-refractivity contribution in [1.82, 2.24) is 9.97 Å². The molecule has 0 bridgehead atoms. The van der Waals surface area contributed by atoms with E-state index >= 15 is 0 Å². The van der Waals surface area contributed by atoms with Crippen molar-refractivity contribution < 1.29 is 13.2 Å². The lowest BCUT2D eigenvalue weighted by atomic mass is 10.2. The number of halogens is 3. The molecule has 1 aromatic heterocycles. The zero-order valence-electron chi connectivity index (χ0n) is 11.3. The van der Waals surface area contributed by atoms with Crippen LogP contribution in [0.4, 0.5) is 30.6 Å². The van der Waals surface area contributed by atoms with Gasteiger partial charge in [0.25, 0.3) is 0 Å². The molecule has 1 aromatic carbocycles. The Morgan fingerprint density at radius 1 is 1.10 bits per heavy atom. The molecule has 7 heteroatoms. The summed E-state index contributed by atoms with van der Waals surface area (Å²) in [7, 11) is 1.67. The largest absolute Gasteiger partial charge is 0.357 e. The van der Waals surface area contributed by atoms with Crippen molar-refractivity contribution >= 4 is 17.5 Å². The van der Waals surface area contributed by atoms with Crippen LogP contribution < -0.4 is 10.6 Å². The number of nitrogens with zero attached hydrogens (tertiary/aromatic N) is 2. The summed E-state index contributed by atoms with van der Waals surface area (Å²) >= 11 is 0. The molecule has 1 aliphatic carbocycles. The second-order valence-corrected chi connectivity index (χ2v) is 4.87. The number of benzene rings is 1. The van der Waals surface area contributed by atoms with Crippen LogP contribution in [0.5, 0.6) is 0 Å². The molecule has 0 spiro atoms. The van der Waals surface area contributed by atoms with Crippen molar-refractivity contribution in [2.45, 2.75) is 18.8 Å². The van der Waals surface area contributed by atoms with E-state index in [1.165, 1.54) is 0 Å². The molecule has 0 amide bonds. The fourth-order valence-electron chi connectivity index (χ4n) is 1.99. The highest BCUT2D eigenvalue weighted by molar-refractivity contribution is 5.58. The van der Waals surface area contributed by atoms with Crippen LogP contribution in [0.25, 0.3) is 0 Å². The van der Waals surface area contributed by atoms with E-state index in [0.717, 1.165) is 30.7 Å². The highest BCUT2D eigenvalue weighted by Gasteiger charge is 2.26. The highest BCUT2D eigenvalue weighted by Crippen LogP contribution is 2.40. The summed E-state index contributed by atoms with van der Waals surface area (Å²) in [5.74, 6) is -2.89. The van der Waals surface area contributed by atoms with Crippen LogP contribution in [0.3, 0.4) is 0 Å². The molecule has 3 rings (SSSR count). The molecule has 0 aliphatic heterocycles. The molecule has 110 valence electrons. The number of hydrogen-bond donors (Lipinski definition) is 2. The van der Waals surface area contributed by atoms with E-state index in [4.69, 9.17) is 0 Å². The quantitative estimate of drug-likeness (QED) is 0.847. The third kappa shape index (κ3) is 2.76. The van der Waals surface area contributed by atoms with Crippen LogP contribution in [0.2, 0.25) is 0 Å². The molecular weight excluding hydrogens is 281 g/mol. The summed E-state index contributed by atoms with van der Waals surface area (Å²) in [6.45, 7) is 0. The van der Waals surface area contributed by atoms with E-state index in [2.05, 4.69) is 20.6 Å². The minimum Gasteiger partial charge on any atom is -0.357 e. The maximum Gasteiger partial charge on any atom is 0.224 e. The molecule has 1 aliphatic rings. The zero-order valence-corrected chi connectivity index (χ0v) is 11.3. The molecule has 1 saturated carbocycles. The molecule has 2 aromatic rings. The van der Waals surface area contributed by atoms with Gasteiger partial charge in [-0.15, -0.1) is 0 Å². The first-order valence-corrected chi connectivity index (χ1v) is 6.55. The van der Waals surface area contributed by atoms with E-state index in [-0.39, 0.29) is 5.69 Å². The molecule has 4 nitrogen and oxygen atoms in total. The number of aromatic nitrogens is 2. The van der Waals surface area contributed by atoms with Gasteiger partial charge in [0.05, 0.1) is 11.4 Å². The lowest BCUT2D eigenvalue weighted by Gasteiger charge is -2.10. The fraction of sp³-hybridized carbons (Fsp3) is 0.286. The van der Waals surface area contributed by atoms with Crippen LogP contribution in [0, 0.1) is 17.5 Å². The summed E-state index contributed by atoms with van der Waals surface area (Å²) in [5, 5.41) is 5.49. The summed E-state index contributed by atoms with van der Waals surface area (Å²) in [6.07, 6.45) is 2.11. The van der Waals surface area contributed by atoms with Crippen molar-refractivity contribution in [2.75, 3.05) is 17.7 Å². The van der Waals surface area contributed by atoms with Crippen molar-refractivity contribution in [3.05, 3.63) is 41.3 Å². The summed E-state index contributed by atoms with van der Waals surface area (Å²) in [6, 6.07) is 3.69. The molecule has 0 atom stereocenters. The van der Waals surface area contributed by atoms with E-state index < -0.39 is 17.5 Å². The van der Waals surface area contributed by atoms with Crippen molar-refractivity contribution in [1.29, 1.82) is 0 Å². The Bertz CT molecular complexity index is 686. The molecule has 0 saturated heterocycles. The minimum atomic E-state index is -1.51. The van der Waals surface area contributed by atoms with E-state index in [0.29, 0.717) is 17.7 Å². The van der Waals surface area contributed by atoms with Crippen LogP contribution in [-0.2, 0) is 0 Å². The van der Waals surface area contributed by atoms with Crippen LogP contribution >= 0.6 is 0 Å². The van der Waals surface area contributed by atoms with E-state index in [1.54, 1.807) is 13.1 Å². The van der Waals surface area contributed by atoms with E-state index in [9.17, 15) is 13.2 Å². The highest BCUT2D eigenvalue weighted by atomic mass is 19.2. The van der Waals surface area contributed by atoms with Crippen molar-refractivity contribution in [2.24, 2.45) is 0 Å². The van der Waals surface area contributed by atoms with Gasteiger partial charge in [0.1, 0.15) is 5.82 Å². The van der Waals surface area contributed by atoms with Gasteiger partial charge in [0.15, 0.2) is 17.5 Å². The average Bonchev–Trinajstić information content (AvgIpc) is 3.32. The maximum atomic E-state index is 13.7. The lowest BCUT2D eigenvalue weighted by Crippen LogP contribution is -2.05.